The van der Waals surface area contributed by atoms with Crippen molar-refractivity contribution in [3.8, 4) is 0 Å². The lowest BCUT2D eigenvalue weighted by Gasteiger charge is -2.23. The van der Waals surface area contributed by atoms with Crippen molar-refractivity contribution in [1.82, 2.24) is 4.90 Å². The third-order valence-electron chi connectivity index (χ3n) is 3.13. The monoisotopic (exact) mass is 329 g/mol. The Morgan fingerprint density at radius 2 is 2.05 bits per heavy atom. The summed E-state index contributed by atoms with van der Waals surface area (Å²) in [5.74, 6) is 0.327. The fraction of sp³-hybridized carbons (Fsp3) is 0.429. The van der Waals surface area contributed by atoms with E-state index in [-0.39, 0.29) is 10.3 Å². The molecular weight excluding hydrogens is 310 g/mol. The van der Waals surface area contributed by atoms with E-state index in [1.54, 1.807) is 48.5 Å². The third-order valence-corrected chi connectivity index (χ3v) is 5.62. The third kappa shape index (κ3) is 3.72. The van der Waals surface area contributed by atoms with Crippen LogP contribution in [0, 0.1) is 6.92 Å². The van der Waals surface area contributed by atoms with Gasteiger partial charge in [0.15, 0.2) is 0 Å². The lowest BCUT2D eigenvalue weighted by molar-refractivity contribution is 0.109. The molecular formula is C14H19NO4S2. The molecule has 7 heteroatoms. The van der Waals surface area contributed by atoms with Crippen molar-refractivity contribution in [2.75, 3.05) is 20.3 Å². The van der Waals surface area contributed by atoms with Crippen molar-refractivity contribution in [1.29, 1.82) is 0 Å². The van der Waals surface area contributed by atoms with E-state index >= 15 is 0 Å². The summed E-state index contributed by atoms with van der Waals surface area (Å²) in [6.07, 6.45) is 0. The van der Waals surface area contributed by atoms with Crippen LogP contribution in [0.2, 0.25) is 0 Å². The summed E-state index contributed by atoms with van der Waals surface area (Å²) < 4.78 is 35.3. The van der Waals surface area contributed by atoms with E-state index in [4.69, 9.17) is 8.92 Å². The summed E-state index contributed by atoms with van der Waals surface area (Å²) in [7, 11) is -2.02. The van der Waals surface area contributed by atoms with Crippen molar-refractivity contribution >= 4 is 21.9 Å². The first kappa shape index (κ1) is 16.2. The molecule has 1 unspecified atom stereocenters. The Bertz CT molecular complexity index is 628. The SMILES string of the molecule is CCOCC1SC=C(OS(=O)(=O)c2ccccc2C)N1C. The minimum atomic E-state index is -3.82. The number of benzene rings is 1. The second kappa shape index (κ2) is 6.72. The predicted molar refractivity (Wildman–Crippen MR) is 83.2 cm³/mol. The minimum Gasteiger partial charge on any atom is -0.379 e. The van der Waals surface area contributed by atoms with Crippen LogP contribution >= 0.6 is 11.8 Å². The Morgan fingerprint density at radius 3 is 2.71 bits per heavy atom. The quantitative estimate of drug-likeness (QED) is 0.748. The second-order valence-corrected chi connectivity index (χ2v) is 7.19. The Kier molecular flexibility index (Phi) is 5.18. The average Bonchev–Trinajstić information content (AvgIpc) is 2.77. The fourth-order valence-corrected chi connectivity index (χ4v) is 4.09. The topological polar surface area (TPSA) is 55.8 Å². The first-order chi connectivity index (χ1) is 9.95. The van der Waals surface area contributed by atoms with Gasteiger partial charge in [-0.3, -0.25) is 0 Å². The van der Waals surface area contributed by atoms with Gasteiger partial charge in [0.25, 0.3) is 0 Å². The zero-order valence-electron chi connectivity index (χ0n) is 12.3. The van der Waals surface area contributed by atoms with Gasteiger partial charge in [0.05, 0.1) is 6.61 Å². The van der Waals surface area contributed by atoms with Gasteiger partial charge in [-0.25, -0.2) is 0 Å². The molecule has 5 nitrogen and oxygen atoms in total. The van der Waals surface area contributed by atoms with Crippen LogP contribution in [0.25, 0.3) is 0 Å². The van der Waals surface area contributed by atoms with Gasteiger partial charge in [-0.1, -0.05) is 18.2 Å². The van der Waals surface area contributed by atoms with E-state index in [0.29, 0.717) is 24.7 Å². The summed E-state index contributed by atoms with van der Waals surface area (Å²) in [6, 6.07) is 6.77. The van der Waals surface area contributed by atoms with Gasteiger partial charge in [-0.05, 0) is 25.5 Å². The highest BCUT2D eigenvalue weighted by molar-refractivity contribution is 8.03. The summed E-state index contributed by atoms with van der Waals surface area (Å²) in [5, 5.41) is 1.74. The molecule has 0 N–H and O–H groups in total. The van der Waals surface area contributed by atoms with Crippen molar-refractivity contribution < 1.29 is 17.3 Å². The maximum atomic E-state index is 12.3. The van der Waals surface area contributed by atoms with Gasteiger partial charge in [0.2, 0.25) is 5.88 Å². The molecule has 0 bridgehead atoms. The normalized spacial score (nSPS) is 18.7. The predicted octanol–water partition coefficient (Wildman–Crippen LogP) is 2.54. The van der Waals surface area contributed by atoms with Crippen LogP contribution in [0.4, 0.5) is 0 Å². The molecule has 0 amide bonds. The highest BCUT2D eigenvalue weighted by atomic mass is 32.2. The average molecular weight is 329 g/mol. The van der Waals surface area contributed by atoms with Crippen LogP contribution in [0.1, 0.15) is 12.5 Å². The van der Waals surface area contributed by atoms with Gasteiger partial charge in [-0.15, -0.1) is 11.8 Å². The first-order valence-electron chi connectivity index (χ1n) is 6.62. The summed E-state index contributed by atoms with van der Waals surface area (Å²) in [4.78, 5) is 1.97. The number of thioether (sulfide) groups is 1. The van der Waals surface area contributed by atoms with Crippen LogP contribution in [0.5, 0.6) is 0 Å². The van der Waals surface area contributed by atoms with Gasteiger partial charge in [0, 0.05) is 19.1 Å². The molecule has 0 saturated carbocycles. The molecule has 1 atom stereocenters. The zero-order valence-corrected chi connectivity index (χ0v) is 13.9. The Hall–Kier alpha value is -1.18. The largest absolute Gasteiger partial charge is 0.379 e. The molecule has 0 saturated heterocycles. The molecule has 0 radical (unpaired) electrons. The number of aryl methyl sites for hydroxylation is 1. The Labute approximate surface area is 130 Å². The summed E-state index contributed by atoms with van der Waals surface area (Å²) >= 11 is 1.49. The van der Waals surface area contributed by atoms with Gasteiger partial charge >= 0.3 is 10.1 Å². The van der Waals surface area contributed by atoms with Gasteiger partial charge in [-0.2, -0.15) is 8.42 Å². The summed E-state index contributed by atoms with van der Waals surface area (Å²) in [5.41, 5.74) is 0.664. The number of ether oxygens (including phenoxy) is 1. The van der Waals surface area contributed by atoms with E-state index in [2.05, 4.69) is 0 Å². The summed E-state index contributed by atoms with van der Waals surface area (Å²) in [6.45, 7) is 4.82. The van der Waals surface area contributed by atoms with Crippen LogP contribution in [-0.2, 0) is 19.0 Å². The molecule has 0 spiro atoms. The molecule has 1 aliphatic rings. The van der Waals surface area contributed by atoms with Crippen LogP contribution < -0.4 is 0 Å². The van der Waals surface area contributed by atoms with E-state index in [1.165, 1.54) is 11.8 Å². The fourth-order valence-electron chi connectivity index (χ4n) is 1.90. The molecule has 116 valence electrons. The molecule has 21 heavy (non-hydrogen) atoms. The zero-order chi connectivity index (χ0) is 15.5. The minimum absolute atomic E-state index is 0.0343. The Balaban J connectivity index is 2.10. The van der Waals surface area contributed by atoms with Gasteiger partial charge < -0.3 is 13.8 Å². The molecule has 2 rings (SSSR count). The van der Waals surface area contributed by atoms with Crippen molar-refractivity contribution in [3.05, 3.63) is 41.1 Å². The molecule has 1 aromatic carbocycles. The van der Waals surface area contributed by atoms with Crippen molar-refractivity contribution in [3.63, 3.8) is 0 Å². The maximum Gasteiger partial charge on any atom is 0.340 e. The lowest BCUT2D eigenvalue weighted by Crippen LogP contribution is -2.30. The number of likely N-dealkylation sites (N-methyl/N-ethyl adjacent to an activating group) is 1. The van der Waals surface area contributed by atoms with E-state index in [9.17, 15) is 8.42 Å². The van der Waals surface area contributed by atoms with Crippen LogP contribution in [0.15, 0.2) is 40.5 Å². The van der Waals surface area contributed by atoms with Crippen LogP contribution in [0.3, 0.4) is 0 Å². The van der Waals surface area contributed by atoms with Gasteiger partial charge in [0.1, 0.15) is 10.3 Å². The standard InChI is InChI=1S/C14H19NO4S2/c1-4-18-9-14-15(3)13(10-20-14)19-21(16,17)12-8-6-5-7-11(12)2/h5-8,10,14H,4,9H2,1-3H3. The van der Waals surface area contributed by atoms with Crippen molar-refractivity contribution in [2.45, 2.75) is 24.1 Å². The van der Waals surface area contributed by atoms with Crippen molar-refractivity contribution in [2.24, 2.45) is 0 Å². The van der Waals surface area contributed by atoms with E-state index < -0.39 is 10.1 Å². The first-order valence-corrected chi connectivity index (χ1v) is 8.97. The lowest BCUT2D eigenvalue weighted by atomic mass is 10.2. The number of nitrogens with zero attached hydrogens (tertiary/aromatic N) is 1. The molecule has 0 aromatic heterocycles. The molecule has 0 fully saturated rings. The smallest absolute Gasteiger partial charge is 0.340 e. The highest BCUT2D eigenvalue weighted by Crippen LogP contribution is 2.32. The van der Waals surface area contributed by atoms with E-state index in [1.807, 2.05) is 6.92 Å². The highest BCUT2D eigenvalue weighted by Gasteiger charge is 2.29. The molecule has 1 aromatic rings. The van der Waals surface area contributed by atoms with E-state index in [0.717, 1.165) is 0 Å². The molecule has 0 aliphatic carbocycles. The molecule has 1 aliphatic heterocycles. The second-order valence-electron chi connectivity index (χ2n) is 4.62. The molecule has 1 heterocycles. The number of rotatable bonds is 6. The Morgan fingerprint density at radius 1 is 1.33 bits per heavy atom. The number of hydrogen-bond donors (Lipinski definition) is 0. The maximum absolute atomic E-state index is 12.3. The number of hydrogen-bond acceptors (Lipinski definition) is 6. The van der Waals surface area contributed by atoms with Crippen LogP contribution in [-0.4, -0.2) is 39.0 Å².